The highest BCUT2D eigenvalue weighted by molar-refractivity contribution is 5.84. The van der Waals surface area contributed by atoms with Crippen LogP contribution in [0.3, 0.4) is 0 Å². The second-order valence-corrected chi connectivity index (χ2v) is 5.04. The summed E-state index contributed by atoms with van der Waals surface area (Å²) in [5.41, 5.74) is 0.550. The Morgan fingerprint density at radius 2 is 1.77 bits per heavy atom. The number of carboxylic acids is 1. The smallest absolute Gasteiger partial charge is 0.330 e. The first-order chi connectivity index (χ1) is 10.5. The molecule has 0 unspecified atom stereocenters. The third kappa shape index (κ3) is 6.88. The lowest BCUT2D eigenvalue weighted by Crippen LogP contribution is -2.33. The fraction of sp³-hybridized carbons (Fsp3) is 0.438. The molecule has 0 heterocycles. The summed E-state index contributed by atoms with van der Waals surface area (Å²) in [6, 6.07) is 7.59. The molecular formula is C16H22N2O4. The van der Waals surface area contributed by atoms with E-state index in [4.69, 9.17) is 0 Å². The van der Waals surface area contributed by atoms with E-state index in [9.17, 15) is 19.5 Å². The van der Waals surface area contributed by atoms with Crippen molar-refractivity contribution in [2.45, 2.75) is 38.6 Å². The summed E-state index contributed by atoms with van der Waals surface area (Å²) in [4.78, 5) is 33.8. The number of unbranched alkanes of at least 4 members (excludes halogenated alkanes) is 2. The Balaban J connectivity index is 2.33. The van der Waals surface area contributed by atoms with Crippen LogP contribution in [-0.2, 0) is 14.4 Å². The van der Waals surface area contributed by atoms with Crippen molar-refractivity contribution in [3.05, 3.63) is 35.9 Å². The third-order valence-electron chi connectivity index (χ3n) is 3.14. The monoisotopic (exact) mass is 306 g/mol. The number of nitrogens with one attached hydrogen (secondary N) is 2. The molecule has 0 aliphatic carbocycles. The molecule has 0 aromatic heterocycles. The van der Waals surface area contributed by atoms with Gasteiger partial charge in [0.05, 0.1) is 0 Å². The zero-order valence-corrected chi connectivity index (χ0v) is 12.7. The van der Waals surface area contributed by atoms with Gasteiger partial charge >= 0.3 is 5.97 Å². The van der Waals surface area contributed by atoms with Crippen LogP contribution in [0.15, 0.2) is 30.3 Å². The topological polar surface area (TPSA) is 95.5 Å². The van der Waals surface area contributed by atoms with Gasteiger partial charge < -0.3 is 15.7 Å². The number of benzene rings is 1. The van der Waals surface area contributed by atoms with Crippen LogP contribution in [0, 0.1) is 0 Å². The highest BCUT2D eigenvalue weighted by atomic mass is 16.4. The van der Waals surface area contributed by atoms with Crippen molar-refractivity contribution in [2.24, 2.45) is 0 Å². The van der Waals surface area contributed by atoms with Crippen LogP contribution < -0.4 is 10.6 Å². The van der Waals surface area contributed by atoms with Crippen molar-refractivity contribution in [3.63, 3.8) is 0 Å². The summed E-state index contributed by atoms with van der Waals surface area (Å²) in [6.45, 7) is 2.06. The lowest BCUT2D eigenvalue weighted by Gasteiger charge is -2.14. The molecule has 120 valence electrons. The summed E-state index contributed by atoms with van der Waals surface area (Å²) < 4.78 is 0. The number of carboxylic acid groups (broad SMARTS) is 1. The molecule has 22 heavy (non-hydrogen) atoms. The predicted molar refractivity (Wildman–Crippen MR) is 82.1 cm³/mol. The first kappa shape index (κ1) is 17.7. The zero-order chi connectivity index (χ0) is 16.4. The van der Waals surface area contributed by atoms with Crippen LogP contribution in [0.2, 0.25) is 0 Å². The summed E-state index contributed by atoms with van der Waals surface area (Å²) in [5.74, 6) is -1.43. The third-order valence-corrected chi connectivity index (χ3v) is 3.14. The second kappa shape index (κ2) is 9.55. The van der Waals surface area contributed by atoms with Crippen LogP contribution in [0.5, 0.6) is 0 Å². The van der Waals surface area contributed by atoms with Crippen LogP contribution in [0.1, 0.15) is 44.2 Å². The molecule has 1 rings (SSSR count). The molecule has 0 radical (unpaired) electrons. The number of carbonyl (C=O) groups is 3. The van der Waals surface area contributed by atoms with E-state index in [1.165, 1.54) is 6.92 Å². The van der Waals surface area contributed by atoms with Crippen molar-refractivity contribution in [3.8, 4) is 0 Å². The lowest BCUT2D eigenvalue weighted by atomic mass is 10.1. The molecule has 0 aliphatic heterocycles. The van der Waals surface area contributed by atoms with E-state index in [2.05, 4.69) is 10.6 Å². The van der Waals surface area contributed by atoms with Crippen LogP contribution in [0.4, 0.5) is 0 Å². The van der Waals surface area contributed by atoms with Gasteiger partial charge in [-0.3, -0.25) is 9.59 Å². The van der Waals surface area contributed by atoms with E-state index >= 15 is 0 Å². The minimum absolute atomic E-state index is 0.0649. The summed E-state index contributed by atoms with van der Waals surface area (Å²) in [7, 11) is 0. The Morgan fingerprint density at radius 1 is 1.09 bits per heavy atom. The van der Waals surface area contributed by atoms with E-state index in [0.29, 0.717) is 18.5 Å². The van der Waals surface area contributed by atoms with Crippen molar-refractivity contribution >= 4 is 17.8 Å². The van der Waals surface area contributed by atoms with Gasteiger partial charge in [-0.25, -0.2) is 4.79 Å². The van der Waals surface area contributed by atoms with Crippen molar-refractivity contribution in [1.29, 1.82) is 0 Å². The molecular weight excluding hydrogens is 284 g/mol. The summed E-state index contributed by atoms with van der Waals surface area (Å²) in [6.07, 6.45) is 2.54. The zero-order valence-electron chi connectivity index (χ0n) is 12.7. The largest absolute Gasteiger partial charge is 0.479 e. The molecule has 0 spiro atoms. The van der Waals surface area contributed by atoms with Crippen molar-refractivity contribution in [2.75, 3.05) is 6.54 Å². The molecule has 0 aliphatic rings. The van der Waals surface area contributed by atoms with Crippen molar-refractivity contribution < 1.29 is 19.5 Å². The molecule has 0 saturated carbocycles. The second-order valence-electron chi connectivity index (χ2n) is 5.04. The maximum atomic E-state index is 11.8. The molecule has 2 amide bonds. The molecule has 1 atom stereocenters. The standard InChI is InChI=1S/C16H22N2O4/c1-12(19)17-11-7-3-6-10-14(20)18-15(16(21)22)13-8-4-2-5-9-13/h2,4-5,8-9,15H,3,6-7,10-11H2,1H3,(H,17,19)(H,18,20)(H,21,22)/t15-/m1/s1. The molecule has 1 aromatic rings. The lowest BCUT2D eigenvalue weighted by molar-refractivity contribution is -0.142. The van der Waals surface area contributed by atoms with E-state index in [0.717, 1.165) is 12.8 Å². The van der Waals surface area contributed by atoms with E-state index in [-0.39, 0.29) is 18.2 Å². The summed E-state index contributed by atoms with van der Waals surface area (Å²) >= 11 is 0. The van der Waals surface area contributed by atoms with Gasteiger partial charge in [-0.05, 0) is 18.4 Å². The molecule has 0 saturated heterocycles. The SMILES string of the molecule is CC(=O)NCCCCCC(=O)N[C@@H](C(=O)O)c1ccccc1. The number of hydrogen-bond acceptors (Lipinski definition) is 3. The quantitative estimate of drug-likeness (QED) is 0.604. The number of hydrogen-bond donors (Lipinski definition) is 3. The minimum Gasteiger partial charge on any atom is -0.479 e. The van der Waals surface area contributed by atoms with Gasteiger partial charge in [0, 0.05) is 19.9 Å². The Bertz CT molecular complexity index is 502. The fourth-order valence-corrected chi connectivity index (χ4v) is 2.02. The molecule has 6 nitrogen and oxygen atoms in total. The van der Waals surface area contributed by atoms with E-state index < -0.39 is 12.0 Å². The Morgan fingerprint density at radius 3 is 2.36 bits per heavy atom. The maximum Gasteiger partial charge on any atom is 0.330 e. The number of rotatable bonds is 9. The highest BCUT2D eigenvalue weighted by Gasteiger charge is 2.21. The van der Waals surface area contributed by atoms with E-state index in [1.807, 2.05) is 0 Å². The van der Waals surface area contributed by atoms with Gasteiger partial charge in [0.1, 0.15) is 0 Å². The number of carbonyl (C=O) groups excluding carboxylic acids is 2. The Kier molecular flexibility index (Phi) is 7.67. The molecule has 0 bridgehead atoms. The summed E-state index contributed by atoms with van der Waals surface area (Å²) in [5, 5.41) is 14.4. The van der Waals surface area contributed by atoms with Crippen LogP contribution in [0.25, 0.3) is 0 Å². The average molecular weight is 306 g/mol. The van der Waals surface area contributed by atoms with Gasteiger partial charge in [0.15, 0.2) is 6.04 Å². The number of aliphatic carboxylic acids is 1. The van der Waals surface area contributed by atoms with Crippen LogP contribution in [-0.4, -0.2) is 29.4 Å². The Labute approximate surface area is 129 Å². The van der Waals surface area contributed by atoms with E-state index in [1.54, 1.807) is 30.3 Å². The normalized spacial score (nSPS) is 11.5. The molecule has 3 N–H and O–H groups in total. The van der Waals surface area contributed by atoms with Gasteiger partial charge in [-0.15, -0.1) is 0 Å². The van der Waals surface area contributed by atoms with Crippen LogP contribution >= 0.6 is 0 Å². The molecule has 1 aromatic carbocycles. The first-order valence-corrected chi connectivity index (χ1v) is 7.32. The number of amides is 2. The first-order valence-electron chi connectivity index (χ1n) is 7.32. The molecule has 6 heteroatoms. The average Bonchev–Trinajstić information content (AvgIpc) is 2.48. The van der Waals surface area contributed by atoms with Crippen molar-refractivity contribution in [1.82, 2.24) is 10.6 Å². The fourth-order valence-electron chi connectivity index (χ4n) is 2.02. The maximum absolute atomic E-state index is 11.8. The van der Waals surface area contributed by atoms with Gasteiger partial charge in [0.2, 0.25) is 11.8 Å². The minimum atomic E-state index is -1.08. The molecule has 0 fully saturated rings. The highest BCUT2D eigenvalue weighted by Crippen LogP contribution is 2.13. The van der Waals surface area contributed by atoms with Gasteiger partial charge in [-0.1, -0.05) is 36.8 Å². The Hall–Kier alpha value is -2.37. The predicted octanol–water partition coefficient (Wildman–Crippen LogP) is 1.62. The van der Waals surface area contributed by atoms with Gasteiger partial charge in [-0.2, -0.15) is 0 Å². The van der Waals surface area contributed by atoms with Gasteiger partial charge in [0.25, 0.3) is 0 Å².